The van der Waals surface area contributed by atoms with Crippen LogP contribution < -0.4 is 0 Å². The van der Waals surface area contributed by atoms with E-state index in [9.17, 15) is 14.4 Å². The van der Waals surface area contributed by atoms with Gasteiger partial charge in [-0.05, 0) is 68.1 Å². The molecule has 4 rings (SSSR count). The minimum absolute atomic E-state index is 0.00344. The van der Waals surface area contributed by atoms with Crippen molar-refractivity contribution >= 4 is 17.7 Å². The minimum atomic E-state index is -0.245. The number of carbonyl (C=O) groups excluding carboxylic acids is 3. The summed E-state index contributed by atoms with van der Waals surface area (Å²) in [6.07, 6.45) is 7.20. The summed E-state index contributed by atoms with van der Waals surface area (Å²) in [5, 5.41) is 0. The number of carbonyl (C=O) groups is 3. The van der Waals surface area contributed by atoms with Crippen molar-refractivity contribution in [3.8, 4) is 0 Å². The topological polar surface area (TPSA) is 69.7 Å². The molecule has 156 valence electrons. The highest BCUT2D eigenvalue weighted by molar-refractivity contribution is 5.83. The molecule has 4 aliphatic rings. The van der Waals surface area contributed by atoms with Crippen LogP contribution in [-0.4, -0.2) is 29.9 Å². The lowest BCUT2D eigenvalue weighted by Gasteiger charge is -2.59. The maximum atomic E-state index is 13.2. The van der Waals surface area contributed by atoms with Crippen molar-refractivity contribution in [3.05, 3.63) is 0 Å². The average molecular weight is 391 g/mol. The van der Waals surface area contributed by atoms with Gasteiger partial charge in [-0.3, -0.25) is 14.4 Å². The Kier molecular flexibility index (Phi) is 4.86. The first kappa shape index (κ1) is 19.9. The molecule has 0 heterocycles. The molecule has 4 saturated carbocycles. The Morgan fingerprint density at radius 2 is 1.54 bits per heavy atom. The fourth-order valence-electron chi connectivity index (χ4n) is 7.69. The van der Waals surface area contributed by atoms with Crippen LogP contribution in [0.15, 0.2) is 0 Å². The predicted molar refractivity (Wildman–Crippen MR) is 103 cm³/mol. The van der Waals surface area contributed by atoms with Crippen molar-refractivity contribution in [3.63, 3.8) is 0 Å². The Hall–Kier alpha value is -1.39. The van der Waals surface area contributed by atoms with Gasteiger partial charge in [-0.2, -0.15) is 0 Å². The van der Waals surface area contributed by atoms with Crippen LogP contribution >= 0.6 is 0 Å². The molecule has 0 aromatic heterocycles. The number of ether oxygens (including phenoxy) is 2. The van der Waals surface area contributed by atoms with Gasteiger partial charge in [0.05, 0.1) is 0 Å². The lowest BCUT2D eigenvalue weighted by atomic mass is 9.45. The normalized spacial score (nSPS) is 47.5. The monoisotopic (exact) mass is 390 g/mol. The van der Waals surface area contributed by atoms with Crippen LogP contribution in [0.1, 0.15) is 79.1 Å². The van der Waals surface area contributed by atoms with E-state index in [-0.39, 0.29) is 40.9 Å². The lowest BCUT2D eigenvalue weighted by Crippen LogP contribution is -2.57. The van der Waals surface area contributed by atoms with Gasteiger partial charge in [0, 0.05) is 31.6 Å². The molecule has 0 aromatic carbocycles. The van der Waals surface area contributed by atoms with E-state index in [1.807, 2.05) is 0 Å². The number of ketones is 1. The zero-order chi connectivity index (χ0) is 20.3. The Labute approximate surface area is 167 Å². The number of hydrogen-bond donors (Lipinski definition) is 0. The Balaban J connectivity index is 1.56. The number of fused-ring (bicyclic) bond motifs is 5. The summed E-state index contributed by atoms with van der Waals surface area (Å²) in [6.45, 7) is 7.55. The Morgan fingerprint density at radius 1 is 0.893 bits per heavy atom. The van der Waals surface area contributed by atoms with Crippen molar-refractivity contribution in [2.24, 2.45) is 34.5 Å². The fraction of sp³-hybridized carbons (Fsp3) is 0.870. The maximum absolute atomic E-state index is 13.2. The third-order valence-electron chi connectivity index (χ3n) is 8.96. The van der Waals surface area contributed by atoms with E-state index in [4.69, 9.17) is 9.47 Å². The van der Waals surface area contributed by atoms with E-state index in [2.05, 4.69) is 13.8 Å². The van der Waals surface area contributed by atoms with Gasteiger partial charge < -0.3 is 9.47 Å². The number of rotatable bonds is 2. The van der Waals surface area contributed by atoms with Gasteiger partial charge >= 0.3 is 11.9 Å². The minimum Gasteiger partial charge on any atom is -0.463 e. The van der Waals surface area contributed by atoms with Gasteiger partial charge in [-0.25, -0.2) is 0 Å². The second-order valence-corrected chi connectivity index (χ2v) is 10.3. The third-order valence-corrected chi connectivity index (χ3v) is 8.96. The fourth-order valence-corrected chi connectivity index (χ4v) is 7.69. The molecule has 0 bridgehead atoms. The predicted octanol–water partition coefficient (Wildman–Crippen LogP) is 4.07. The average Bonchev–Trinajstić information content (AvgIpc) is 2.92. The van der Waals surface area contributed by atoms with E-state index in [0.717, 1.165) is 38.5 Å². The van der Waals surface area contributed by atoms with Crippen molar-refractivity contribution in [2.45, 2.75) is 91.3 Å². The highest BCUT2D eigenvalue weighted by Crippen LogP contribution is 2.66. The first-order chi connectivity index (χ1) is 13.1. The highest BCUT2D eigenvalue weighted by atomic mass is 16.5. The summed E-state index contributed by atoms with van der Waals surface area (Å²) < 4.78 is 11.2. The highest BCUT2D eigenvalue weighted by Gasteiger charge is 2.63. The summed E-state index contributed by atoms with van der Waals surface area (Å²) in [4.78, 5) is 36.2. The summed E-state index contributed by atoms with van der Waals surface area (Å²) in [5.41, 5.74) is 0.0166. The van der Waals surface area contributed by atoms with Gasteiger partial charge in [-0.15, -0.1) is 0 Å². The first-order valence-corrected chi connectivity index (χ1v) is 11.0. The molecule has 5 nitrogen and oxygen atoms in total. The van der Waals surface area contributed by atoms with Gasteiger partial charge in [0.25, 0.3) is 0 Å². The van der Waals surface area contributed by atoms with E-state index in [1.54, 1.807) is 0 Å². The molecule has 0 spiro atoms. The van der Waals surface area contributed by atoms with Crippen LogP contribution in [0.4, 0.5) is 0 Å². The van der Waals surface area contributed by atoms with Gasteiger partial charge in [0.1, 0.15) is 18.0 Å². The molecular formula is C23H34O5. The van der Waals surface area contributed by atoms with Gasteiger partial charge in [0.2, 0.25) is 0 Å². The van der Waals surface area contributed by atoms with E-state index in [0.29, 0.717) is 36.4 Å². The van der Waals surface area contributed by atoms with E-state index < -0.39 is 0 Å². The number of Topliss-reactive ketones (excluding diaryl/α,β-unsaturated/α-hetero) is 1. The molecule has 0 N–H and O–H groups in total. The molecule has 5 heteroatoms. The molecular weight excluding hydrogens is 356 g/mol. The van der Waals surface area contributed by atoms with Crippen LogP contribution in [0, 0.1) is 34.5 Å². The van der Waals surface area contributed by atoms with Crippen LogP contribution in [-0.2, 0) is 23.9 Å². The molecule has 4 fully saturated rings. The summed E-state index contributed by atoms with van der Waals surface area (Å²) in [7, 11) is 0. The molecule has 8 atom stereocenters. The smallest absolute Gasteiger partial charge is 0.302 e. The van der Waals surface area contributed by atoms with E-state index in [1.165, 1.54) is 13.8 Å². The Bertz CT molecular complexity index is 686. The molecule has 8 unspecified atom stereocenters. The van der Waals surface area contributed by atoms with Gasteiger partial charge in [0.15, 0.2) is 0 Å². The molecule has 0 radical (unpaired) electrons. The maximum Gasteiger partial charge on any atom is 0.302 e. The van der Waals surface area contributed by atoms with Crippen LogP contribution in [0.25, 0.3) is 0 Å². The van der Waals surface area contributed by atoms with Crippen molar-refractivity contribution in [1.29, 1.82) is 0 Å². The van der Waals surface area contributed by atoms with Gasteiger partial charge in [-0.1, -0.05) is 13.8 Å². The summed E-state index contributed by atoms with van der Waals surface area (Å²) >= 11 is 0. The van der Waals surface area contributed by atoms with Crippen molar-refractivity contribution < 1.29 is 23.9 Å². The third kappa shape index (κ3) is 3.00. The zero-order valence-electron chi connectivity index (χ0n) is 17.7. The molecule has 0 saturated heterocycles. The quantitative estimate of drug-likeness (QED) is 0.665. The lowest BCUT2D eigenvalue weighted by molar-refractivity contribution is -0.174. The van der Waals surface area contributed by atoms with E-state index >= 15 is 0 Å². The Morgan fingerprint density at radius 3 is 2.21 bits per heavy atom. The summed E-state index contributed by atoms with van der Waals surface area (Å²) in [5.74, 6) is 1.35. The second kappa shape index (κ2) is 6.84. The van der Waals surface area contributed by atoms with Crippen LogP contribution in [0.2, 0.25) is 0 Å². The molecule has 0 amide bonds. The first-order valence-electron chi connectivity index (χ1n) is 11.0. The summed E-state index contributed by atoms with van der Waals surface area (Å²) in [6, 6.07) is 0. The second-order valence-electron chi connectivity index (χ2n) is 10.3. The number of hydrogen-bond acceptors (Lipinski definition) is 5. The zero-order valence-corrected chi connectivity index (χ0v) is 17.7. The molecule has 28 heavy (non-hydrogen) atoms. The van der Waals surface area contributed by atoms with Crippen LogP contribution in [0.3, 0.4) is 0 Å². The largest absolute Gasteiger partial charge is 0.463 e. The molecule has 0 aromatic rings. The number of esters is 2. The van der Waals surface area contributed by atoms with Crippen LogP contribution in [0.5, 0.6) is 0 Å². The van der Waals surface area contributed by atoms with Crippen molar-refractivity contribution in [2.75, 3.05) is 0 Å². The standard InChI is InChI=1S/C23H34O5/c1-13(24)27-15-7-9-22(3)18-8-10-23(4)17(5-6-21(23)28-14(2)25)16(18)12-20(26)19(22)11-15/h15-19,21H,5-12H2,1-4H3. The van der Waals surface area contributed by atoms with Crippen molar-refractivity contribution in [1.82, 2.24) is 0 Å². The molecule has 4 aliphatic carbocycles. The SMILES string of the molecule is CC(=O)OC1CCC2(C)C(C1)C(=O)CC1C3CCC(OC(C)=O)C3(C)CCC12. The molecule has 0 aliphatic heterocycles.